The maximum Gasteiger partial charge on any atom is 0.338 e. The summed E-state index contributed by atoms with van der Waals surface area (Å²) in [4.78, 5) is 26.5. The van der Waals surface area contributed by atoms with Gasteiger partial charge in [0.15, 0.2) is 11.5 Å². The fourth-order valence-electron chi connectivity index (χ4n) is 2.91. The summed E-state index contributed by atoms with van der Waals surface area (Å²) in [6.45, 7) is 8.10. The lowest BCUT2D eigenvalue weighted by molar-refractivity contribution is -0.139. The average molecular weight is 427 g/mol. The summed E-state index contributed by atoms with van der Waals surface area (Å²) in [6.07, 6.45) is 0. The molecule has 1 heterocycles. The molecule has 0 saturated heterocycles. The number of halogens is 1. The van der Waals surface area contributed by atoms with E-state index in [4.69, 9.17) is 9.47 Å². The van der Waals surface area contributed by atoms with Crippen LogP contribution < -0.4 is 10.1 Å². The van der Waals surface area contributed by atoms with Gasteiger partial charge in [-0.15, -0.1) is 0 Å². The first kappa shape index (κ1) is 20.1. The van der Waals surface area contributed by atoms with Gasteiger partial charge >= 0.3 is 12.0 Å². The highest BCUT2D eigenvalue weighted by Gasteiger charge is 2.36. The lowest BCUT2D eigenvalue weighted by Crippen LogP contribution is -2.47. The predicted molar refractivity (Wildman–Crippen MR) is 100.0 cm³/mol. The van der Waals surface area contributed by atoms with Gasteiger partial charge in [0.2, 0.25) is 0 Å². The van der Waals surface area contributed by atoms with Crippen LogP contribution >= 0.6 is 15.9 Å². The third kappa shape index (κ3) is 3.80. The molecule has 142 valence electrons. The minimum absolute atomic E-state index is 0.0358. The molecule has 1 aliphatic heterocycles. The number of allylic oxidation sites excluding steroid dienone is 1. The van der Waals surface area contributed by atoms with Crippen molar-refractivity contribution in [2.75, 3.05) is 19.8 Å². The Balaban J connectivity index is 2.60. The van der Waals surface area contributed by atoms with Gasteiger partial charge in [-0.1, -0.05) is 0 Å². The molecule has 0 fully saturated rings. The summed E-state index contributed by atoms with van der Waals surface area (Å²) in [5, 5.41) is 13.0. The van der Waals surface area contributed by atoms with Crippen LogP contribution in [0.5, 0.6) is 11.5 Å². The summed E-state index contributed by atoms with van der Waals surface area (Å²) in [7, 11) is 0. The topological polar surface area (TPSA) is 88.1 Å². The van der Waals surface area contributed by atoms with Gasteiger partial charge in [-0.05, 0) is 61.3 Å². The van der Waals surface area contributed by atoms with Crippen molar-refractivity contribution < 1.29 is 24.2 Å². The Morgan fingerprint density at radius 1 is 1.31 bits per heavy atom. The van der Waals surface area contributed by atoms with Gasteiger partial charge in [0.05, 0.1) is 29.3 Å². The van der Waals surface area contributed by atoms with E-state index in [1.54, 1.807) is 32.9 Å². The zero-order valence-corrected chi connectivity index (χ0v) is 16.8. The highest BCUT2D eigenvalue weighted by molar-refractivity contribution is 9.10. The van der Waals surface area contributed by atoms with E-state index in [9.17, 15) is 14.7 Å². The van der Waals surface area contributed by atoms with Crippen molar-refractivity contribution in [3.63, 3.8) is 0 Å². The number of phenolic OH excluding ortho intramolecular Hbond substituents is 1. The molecule has 26 heavy (non-hydrogen) atoms. The standard InChI is InChI=1S/C18H23BrN2O5/c1-5-21-10(4)14(17(23)26-7-3)15(20-18(21)24)11-8-12(19)16(22)13(9-11)25-6-2/h8-9,15,22H,5-7H2,1-4H3,(H,20,24). The minimum atomic E-state index is -0.708. The fourth-order valence-corrected chi connectivity index (χ4v) is 3.37. The van der Waals surface area contributed by atoms with E-state index >= 15 is 0 Å². The third-order valence-corrected chi connectivity index (χ3v) is 4.70. The molecule has 1 aromatic carbocycles. The Kier molecular flexibility index (Phi) is 6.52. The van der Waals surface area contributed by atoms with Crippen LogP contribution in [0, 0.1) is 0 Å². The number of phenols is 1. The van der Waals surface area contributed by atoms with Gasteiger partial charge in [-0.2, -0.15) is 0 Å². The number of carbonyl (C=O) groups excluding carboxylic acids is 2. The summed E-state index contributed by atoms with van der Waals surface area (Å²) in [5.74, 6) is -0.258. The zero-order chi connectivity index (χ0) is 19.4. The Hall–Kier alpha value is -2.22. The molecule has 2 rings (SSSR count). The van der Waals surface area contributed by atoms with E-state index in [2.05, 4.69) is 21.2 Å². The Labute approximate surface area is 161 Å². The number of nitrogens with one attached hydrogen (secondary N) is 1. The van der Waals surface area contributed by atoms with Gasteiger partial charge in [0.25, 0.3) is 0 Å². The second kappa shape index (κ2) is 8.44. The maximum atomic E-state index is 12.6. The number of hydrogen-bond donors (Lipinski definition) is 2. The highest BCUT2D eigenvalue weighted by atomic mass is 79.9. The maximum absolute atomic E-state index is 12.6. The molecular weight excluding hydrogens is 404 g/mol. The van der Waals surface area contributed by atoms with Gasteiger partial charge in [0, 0.05) is 12.2 Å². The first-order valence-electron chi connectivity index (χ1n) is 8.46. The molecule has 0 saturated carbocycles. The molecular formula is C18H23BrN2O5. The highest BCUT2D eigenvalue weighted by Crippen LogP contribution is 2.40. The number of hydrogen-bond acceptors (Lipinski definition) is 5. The minimum Gasteiger partial charge on any atom is -0.503 e. The number of ether oxygens (including phenoxy) is 2. The van der Waals surface area contributed by atoms with Crippen molar-refractivity contribution >= 4 is 27.9 Å². The number of carbonyl (C=O) groups is 2. The van der Waals surface area contributed by atoms with Crippen molar-refractivity contribution in [1.29, 1.82) is 0 Å². The van der Waals surface area contributed by atoms with E-state index in [1.807, 2.05) is 6.92 Å². The zero-order valence-electron chi connectivity index (χ0n) is 15.3. The Morgan fingerprint density at radius 2 is 2.00 bits per heavy atom. The van der Waals surface area contributed by atoms with Crippen molar-refractivity contribution in [2.45, 2.75) is 33.7 Å². The summed E-state index contributed by atoms with van der Waals surface area (Å²) in [6, 6.07) is 2.25. The largest absolute Gasteiger partial charge is 0.503 e. The number of benzene rings is 1. The summed E-state index contributed by atoms with van der Waals surface area (Å²) >= 11 is 3.29. The van der Waals surface area contributed by atoms with Crippen LogP contribution in [0.25, 0.3) is 0 Å². The van der Waals surface area contributed by atoms with Crippen LogP contribution in [0.3, 0.4) is 0 Å². The Morgan fingerprint density at radius 3 is 2.58 bits per heavy atom. The number of nitrogens with zero attached hydrogens (tertiary/aromatic N) is 1. The van der Waals surface area contributed by atoms with Crippen molar-refractivity contribution in [3.05, 3.63) is 33.4 Å². The first-order chi connectivity index (χ1) is 12.3. The van der Waals surface area contributed by atoms with E-state index in [0.717, 1.165) is 0 Å². The lowest BCUT2D eigenvalue weighted by atomic mass is 9.94. The van der Waals surface area contributed by atoms with Crippen molar-refractivity contribution in [1.82, 2.24) is 10.2 Å². The van der Waals surface area contributed by atoms with Crippen LogP contribution in [0.2, 0.25) is 0 Å². The van der Waals surface area contributed by atoms with E-state index < -0.39 is 12.0 Å². The van der Waals surface area contributed by atoms with Crippen LogP contribution in [0.1, 0.15) is 39.3 Å². The molecule has 1 aromatic rings. The van der Waals surface area contributed by atoms with Gasteiger partial charge in [-0.3, -0.25) is 4.90 Å². The summed E-state index contributed by atoms with van der Waals surface area (Å²) < 4.78 is 11.1. The fraction of sp³-hybridized carbons (Fsp3) is 0.444. The van der Waals surface area contributed by atoms with Crippen LogP contribution in [-0.4, -0.2) is 41.8 Å². The van der Waals surface area contributed by atoms with Crippen LogP contribution in [-0.2, 0) is 9.53 Å². The van der Waals surface area contributed by atoms with Gasteiger partial charge in [-0.25, -0.2) is 9.59 Å². The molecule has 1 atom stereocenters. The average Bonchev–Trinajstić information content (AvgIpc) is 2.58. The van der Waals surface area contributed by atoms with E-state index in [0.29, 0.717) is 34.5 Å². The molecule has 0 aliphatic carbocycles. The number of amides is 2. The molecule has 0 bridgehead atoms. The SMILES string of the molecule is CCOC(=O)C1=C(C)N(CC)C(=O)NC1c1cc(Br)c(O)c(OCC)c1. The van der Waals surface area contributed by atoms with Crippen molar-refractivity contribution in [3.8, 4) is 11.5 Å². The van der Waals surface area contributed by atoms with Gasteiger partial charge in [0.1, 0.15) is 0 Å². The lowest BCUT2D eigenvalue weighted by Gasteiger charge is -2.35. The number of aromatic hydroxyl groups is 1. The third-order valence-electron chi connectivity index (χ3n) is 4.09. The molecule has 2 amide bonds. The molecule has 0 spiro atoms. The monoisotopic (exact) mass is 426 g/mol. The van der Waals surface area contributed by atoms with Crippen molar-refractivity contribution in [2.24, 2.45) is 0 Å². The first-order valence-corrected chi connectivity index (χ1v) is 9.25. The summed E-state index contributed by atoms with van der Waals surface area (Å²) in [5.41, 5.74) is 1.50. The second-order valence-electron chi connectivity index (χ2n) is 5.63. The molecule has 1 aliphatic rings. The van der Waals surface area contributed by atoms with Crippen LogP contribution in [0.4, 0.5) is 4.79 Å². The predicted octanol–water partition coefficient (Wildman–Crippen LogP) is 3.48. The molecule has 7 nitrogen and oxygen atoms in total. The molecule has 0 aromatic heterocycles. The van der Waals surface area contributed by atoms with Crippen LogP contribution in [0.15, 0.2) is 27.9 Å². The second-order valence-corrected chi connectivity index (χ2v) is 6.48. The number of urea groups is 1. The molecule has 2 N–H and O–H groups in total. The molecule has 1 unspecified atom stereocenters. The smallest absolute Gasteiger partial charge is 0.338 e. The molecule has 8 heteroatoms. The van der Waals surface area contributed by atoms with Gasteiger partial charge < -0.3 is 19.9 Å². The van der Waals surface area contributed by atoms with E-state index in [-0.39, 0.29) is 24.1 Å². The quantitative estimate of drug-likeness (QED) is 0.679. The normalized spacial score (nSPS) is 17.2. The molecule has 0 radical (unpaired) electrons. The number of esters is 1. The van der Waals surface area contributed by atoms with E-state index in [1.165, 1.54) is 4.90 Å². The number of rotatable bonds is 6. The Bertz CT molecular complexity index is 747.